The lowest BCUT2D eigenvalue weighted by atomic mass is 10.1. The number of nitrogens with zero attached hydrogens (tertiary/aromatic N) is 1. The molecule has 0 aromatic heterocycles. The molecule has 2 amide bonds. The van der Waals surface area contributed by atoms with E-state index in [1.807, 2.05) is 29.2 Å². The molecular formula is C25H32N2O3. The van der Waals surface area contributed by atoms with Gasteiger partial charge >= 0.3 is 0 Å². The predicted octanol–water partition coefficient (Wildman–Crippen LogP) is 4.49. The molecule has 5 heteroatoms. The van der Waals surface area contributed by atoms with Crippen molar-refractivity contribution < 1.29 is 14.3 Å². The normalized spacial score (nSPS) is 16.8. The molecule has 0 aliphatic carbocycles. The molecule has 1 heterocycles. The summed E-state index contributed by atoms with van der Waals surface area (Å²) >= 11 is 0. The average Bonchev–Trinajstić information content (AvgIpc) is 2.92. The lowest BCUT2D eigenvalue weighted by molar-refractivity contribution is -0.133. The lowest BCUT2D eigenvalue weighted by Gasteiger charge is -2.25. The second kappa shape index (κ2) is 10.8. The number of rotatable bonds is 8. The van der Waals surface area contributed by atoms with Crippen LogP contribution in [0, 0.1) is 6.92 Å². The Bertz CT molecular complexity index is 848. The van der Waals surface area contributed by atoms with Gasteiger partial charge in [-0.1, -0.05) is 37.6 Å². The summed E-state index contributed by atoms with van der Waals surface area (Å²) in [7, 11) is 0. The Kier molecular flexibility index (Phi) is 7.89. The number of ether oxygens (including phenoxy) is 1. The average molecular weight is 409 g/mol. The number of hydrogen-bond acceptors (Lipinski definition) is 3. The second-order valence-electron chi connectivity index (χ2n) is 7.93. The fourth-order valence-electron chi connectivity index (χ4n) is 3.67. The molecule has 0 spiro atoms. The maximum atomic E-state index is 13.1. The Balaban J connectivity index is 1.62. The minimum absolute atomic E-state index is 0.00335. The molecule has 2 aromatic carbocycles. The summed E-state index contributed by atoms with van der Waals surface area (Å²) in [4.78, 5) is 27.7. The van der Waals surface area contributed by atoms with E-state index in [0.29, 0.717) is 25.1 Å². The zero-order valence-electron chi connectivity index (χ0n) is 18.0. The number of hydrogen-bond donors (Lipinski definition) is 1. The van der Waals surface area contributed by atoms with E-state index >= 15 is 0 Å². The monoisotopic (exact) mass is 408 g/mol. The quantitative estimate of drug-likeness (QED) is 0.655. The first-order valence-corrected chi connectivity index (χ1v) is 11.0. The third-order valence-corrected chi connectivity index (χ3v) is 5.59. The van der Waals surface area contributed by atoms with Crippen LogP contribution in [0.25, 0.3) is 0 Å². The Labute approximate surface area is 179 Å². The SMILES string of the molecule is CCCCOc1ccc(C(=O)NC2CCCCN(Cc3ccccc3C)C2=O)cc1. The van der Waals surface area contributed by atoms with Crippen LogP contribution in [0.2, 0.25) is 0 Å². The molecule has 1 saturated heterocycles. The predicted molar refractivity (Wildman–Crippen MR) is 119 cm³/mol. The molecule has 2 aromatic rings. The Morgan fingerprint density at radius 2 is 1.90 bits per heavy atom. The van der Waals surface area contributed by atoms with Crippen molar-refractivity contribution in [1.82, 2.24) is 10.2 Å². The smallest absolute Gasteiger partial charge is 0.251 e. The number of carbonyl (C=O) groups is 2. The van der Waals surface area contributed by atoms with Gasteiger partial charge in [0.05, 0.1) is 6.61 Å². The zero-order chi connectivity index (χ0) is 21.3. The highest BCUT2D eigenvalue weighted by molar-refractivity contribution is 5.97. The number of benzene rings is 2. The minimum atomic E-state index is -0.482. The molecule has 5 nitrogen and oxygen atoms in total. The molecule has 30 heavy (non-hydrogen) atoms. The second-order valence-corrected chi connectivity index (χ2v) is 7.93. The van der Waals surface area contributed by atoms with E-state index in [4.69, 9.17) is 4.74 Å². The summed E-state index contributed by atoms with van der Waals surface area (Å²) < 4.78 is 5.65. The minimum Gasteiger partial charge on any atom is -0.494 e. The molecule has 3 rings (SSSR count). The molecular weight excluding hydrogens is 376 g/mol. The molecule has 1 atom stereocenters. The first-order valence-electron chi connectivity index (χ1n) is 11.0. The van der Waals surface area contributed by atoms with Crippen molar-refractivity contribution in [2.24, 2.45) is 0 Å². The molecule has 1 unspecified atom stereocenters. The van der Waals surface area contributed by atoms with Gasteiger partial charge in [-0.15, -0.1) is 0 Å². The standard InChI is InChI=1S/C25H32N2O3/c1-3-4-17-30-22-14-12-20(13-15-22)24(28)26-23-11-7-8-16-27(25(23)29)18-21-10-6-5-9-19(21)2/h5-6,9-10,12-15,23H,3-4,7-8,11,16-18H2,1-2H3,(H,26,28). The van der Waals surface area contributed by atoms with Gasteiger partial charge in [0.15, 0.2) is 0 Å². The molecule has 0 radical (unpaired) electrons. The maximum absolute atomic E-state index is 13.1. The van der Waals surface area contributed by atoms with Crippen LogP contribution in [0.15, 0.2) is 48.5 Å². The number of carbonyl (C=O) groups excluding carboxylic acids is 2. The number of likely N-dealkylation sites (tertiary alicyclic amines) is 1. The van der Waals surface area contributed by atoms with Crippen LogP contribution in [0.5, 0.6) is 5.75 Å². The highest BCUT2D eigenvalue weighted by atomic mass is 16.5. The number of aryl methyl sites for hydroxylation is 1. The van der Waals surface area contributed by atoms with E-state index in [1.54, 1.807) is 12.1 Å². The number of amides is 2. The van der Waals surface area contributed by atoms with Crippen LogP contribution in [0.4, 0.5) is 0 Å². The third-order valence-electron chi connectivity index (χ3n) is 5.59. The lowest BCUT2D eigenvalue weighted by Crippen LogP contribution is -2.47. The fraction of sp³-hybridized carbons (Fsp3) is 0.440. The molecule has 1 aliphatic heterocycles. The van der Waals surface area contributed by atoms with Gasteiger partial charge in [0.2, 0.25) is 5.91 Å². The van der Waals surface area contributed by atoms with E-state index in [9.17, 15) is 9.59 Å². The highest BCUT2D eigenvalue weighted by Gasteiger charge is 2.28. The molecule has 1 fully saturated rings. The molecule has 160 valence electrons. The summed E-state index contributed by atoms with van der Waals surface area (Å²) in [6.07, 6.45) is 4.63. The van der Waals surface area contributed by atoms with E-state index < -0.39 is 6.04 Å². The van der Waals surface area contributed by atoms with Gasteiger partial charge < -0.3 is 15.0 Å². The Hall–Kier alpha value is -2.82. The fourth-order valence-corrected chi connectivity index (χ4v) is 3.67. The van der Waals surface area contributed by atoms with Gasteiger partial charge in [0.1, 0.15) is 11.8 Å². The number of nitrogens with one attached hydrogen (secondary N) is 1. The highest BCUT2D eigenvalue weighted by Crippen LogP contribution is 2.18. The van der Waals surface area contributed by atoms with Gasteiger partial charge in [-0.05, 0) is 68.0 Å². The topological polar surface area (TPSA) is 58.6 Å². The number of unbranched alkanes of at least 4 members (excludes halogenated alkanes) is 1. The van der Waals surface area contributed by atoms with Gasteiger partial charge in [-0.2, -0.15) is 0 Å². The van der Waals surface area contributed by atoms with Crippen molar-refractivity contribution in [2.75, 3.05) is 13.2 Å². The van der Waals surface area contributed by atoms with Crippen LogP contribution in [0.3, 0.4) is 0 Å². The van der Waals surface area contributed by atoms with E-state index in [0.717, 1.165) is 43.5 Å². The third kappa shape index (κ3) is 5.85. The van der Waals surface area contributed by atoms with Crippen LogP contribution >= 0.6 is 0 Å². The van der Waals surface area contributed by atoms with Crippen LogP contribution in [-0.2, 0) is 11.3 Å². The maximum Gasteiger partial charge on any atom is 0.251 e. The Morgan fingerprint density at radius 1 is 1.13 bits per heavy atom. The van der Waals surface area contributed by atoms with E-state index in [1.165, 1.54) is 5.56 Å². The molecule has 1 N–H and O–H groups in total. The summed E-state index contributed by atoms with van der Waals surface area (Å²) in [6.45, 7) is 6.17. The summed E-state index contributed by atoms with van der Waals surface area (Å²) in [5.41, 5.74) is 2.87. The molecule has 0 bridgehead atoms. The molecule has 0 saturated carbocycles. The zero-order valence-corrected chi connectivity index (χ0v) is 18.0. The van der Waals surface area contributed by atoms with Crippen molar-refractivity contribution in [1.29, 1.82) is 0 Å². The van der Waals surface area contributed by atoms with Crippen molar-refractivity contribution >= 4 is 11.8 Å². The van der Waals surface area contributed by atoms with Crippen molar-refractivity contribution in [3.63, 3.8) is 0 Å². The summed E-state index contributed by atoms with van der Waals surface area (Å²) in [6, 6.07) is 14.8. The van der Waals surface area contributed by atoms with E-state index in [-0.39, 0.29) is 11.8 Å². The van der Waals surface area contributed by atoms with Gasteiger partial charge in [0.25, 0.3) is 5.91 Å². The Morgan fingerprint density at radius 3 is 2.63 bits per heavy atom. The summed E-state index contributed by atoms with van der Waals surface area (Å²) in [5, 5.41) is 2.96. The van der Waals surface area contributed by atoms with Crippen molar-refractivity contribution in [2.45, 2.75) is 58.5 Å². The van der Waals surface area contributed by atoms with Gasteiger partial charge in [-0.25, -0.2) is 0 Å². The first kappa shape index (κ1) is 21.9. The van der Waals surface area contributed by atoms with Crippen LogP contribution in [0.1, 0.15) is 60.5 Å². The van der Waals surface area contributed by atoms with Crippen LogP contribution < -0.4 is 10.1 Å². The summed E-state index contributed by atoms with van der Waals surface area (Å²) in [5.74, 6) is 0.546. The largest absolute Gasteiger partial charge is 0.494 e. The van der Waals surface area contributed by atoms with Crippen molar-refractivity contribution in [3.05, 3.63) is 65.2 Å². The van der Waals surface area contributed by atoms with Gasteiger partial charge in [0, 0.05) is 18.7 Å². The van der Waals surface area contributed by atoms with E-state index in [2.05, 4.69) is 31.3 Å². The first-order chi connectivity index (χ1) is 14.6. The molecule has 1 aliphatic rings. The van der Waals surface area contributed by atoms with Crippen molar-refractivity contribution in [3.8, 4) is 5.75 Å². The van der Waals surface area contributed by atoms with Crippen LogP contribution in [-0.4, -0.2) is 35.9 Å². The van der Waals surface area contributed by atoms with Gasteiger partial charge in [-0.3, -0.25) is 9.59 Å².